The summed E-state index contributed by atoms with van der Waals surface area (Å²) in [7, 11) is 0. The van der Waals surface area contributed by atoms with Crippen LogP contribution in [0.15, 0.2) is 0 Å². The molecular formula is C16H25N3OS. The summed E-state index contributed by atoms with van der Waals surface area (Å²) in [5.41, 5.74) is 2.36. The second kappa shape index (κ2) is 6.42. The number of aromatic nitrogens is 2. The minimum Gasteiger partial charge on any atom is -0.355 e. The van der Waals surface area contributed by atoms with Gasteiger partial charge in [0.15, 0.2) is 0 Å². The van der Waals surface area contributed by atoms with E-state index in [-0.39, 0.29) is 11.8 Å². The van der Waals surface area contributed by atoms with Gasteiger partial charge in [0, 0.05) is 35.7 Å². The lowest BCUT2D eigenvalue weighted by Gasteiger charge is -2.21. The molecule has 0 unspecified atom stereocenters. The molecular weight excluding hydrogens is 282 g/mol. The van der Waals surface area contributed by atoms with E-state index < -0.39 is 0 Å². The van der Waals surface area contributed by atoms with E-state index >= 15 is 0 Å². The Labute approximate surface area is 130 Å². The summed E-state index contributed by atoms with van der Waals surface area (Å²) in [4.78, 5) is 20.4. The minimum atomic E-state index is 0.115. The Morgan fingerprint density at radius 1 is 1.48 bits per heavy atom. The number of hydrogen-bond donors (Lipinski definition) is 2. The number of amides is 1. The number of hydrogen-bond acceptors (Lipinski definition) is 3. The molecule has 116 valence electrons. The van der Waals surface area contributed by atoms with E-state index in [4.69, 9.17) is 0 Å². The minimum absolute atomic E-state index is 0.115. The van der Waals surface area contributed by atoms with Crippen molar-refractivity contribution in [2.75, 3.05) is 12.3 Å². The zero-order chi connectivity index (χ0) is 14.8. The number of rotatable bonds is 4. The van der Waals surface area contributed by atoms with Crippen molar-refractivity contribution in [3.63, 3.8) is 0 Å². The highest BCUT2D eigenvalue weighted by Gasteiger charge is 2.28. The van der Waals surface area contributed by atoms with Gasteiger partial charge in [0.05, 0.1) is 5.69 Å². The second-order valence-corrected chi connectivity index (χ2v) is 7.93. The number of fused-ring (bicyclic) bond motifs is 1. The quantitative estimate of drug-likeness (QED) is 0.899. The molecule has 1 aliphatic carbocycles. The molecule has 1 fully saturated rings. The molecule has 1 amide bonds. The van der Waals surface area contributed by atoms with E-state index in [0.29, 0.717) is 11.2 Å². The average Bonchev–Trinajstić information content (AvgIpc) is 3.12. The summed E-state index contributed by atoms with van der Waals surface area (Å²) in [5.74, 6) is 3.07. The summed E-state index contributed by atoms with van der Waals surface area (Å²) >= 11 is 2.00. The van der Waals surface area contributed by atoms with Gasteiger partial charge < -0.3 is 10.3 Å². The molecule has 1 saturated heterocycles. The van der Waals surface area contributed by atoms with Crippen LogP contribution in [-0.4, -0.2) is 33.4 Å². The van der Waals surface area contributed by atoms with Gasteiger partial charge in [0.2, 0.25) is 5.91 Å². The van der Waals surface area contributed by atoms with E-state index in [0.717, 1.165) is 31.6 Å². The van der Waals surface area contributed by atoms with E-state index in [1.54, 1.807) is 0 Å². The fourth-order valence-corrected chi connectivity index (χ4v) is 4.37. The highest BCUT2D eigenvalue weighted by Crippen LogP contribution is 2.27. The standard InChI is InChI=1S/C16H25N3OS/c1-10(2)15-18-13-6-5-11(8-14(13)19-15)16(20)17-9-12-4-3-7-21-12/h10-12H,3-9H2,1-2H3,(H,17,20)(H,18,19)/t11-,12-/m1/s1. The monoisotopic (exact) mass is 307 g/mol. The molecule has 0 radical (unpaired) electrons. The van der Waals surface area contributed by atoms with Crippen molar-refractivity contribution in [3.8, 4) is 0 Å². The third-order valence-electron chi connectivity index (χ3n) is 4.51. The number of thioether (sulfide) groups is 1. The van der Waals surface area contributed by atoms with Crippen molar-refractivity contribution in [3.05, 3.63) is 17.2 Å². The van der Waals surface area contributed by atoms with Crippen LogP contribution in [0.5, 0.6) is 0 Å². The maximum absolute atomic E-state index is 12.4. The lowest BCUT2D eigenvalue weighted by atomic mass is 9.89. The van der Waals surface area contributed by atoms with Gasteiger partial charge in [0.25, 0.3) is 0 Å². The fourth-order valence-electron chi connectivity index (χ4n) is 3.16. The Bertz CT molecular complexity index is 506. The molecule has 1 aromatic heterocycles. The van der Waals surface area contributed by atoms with Crippen LogP contribution in [-0.2, 0) is 17.6 Å². The molecule has 21 heavy (non-hydrogen) atoms. The molecule has 1 aromatic rings. The predicted octanol–water partition coefficient (Wildman–Crippen LogP) is 2.65. The van der Waals surface area contributed by atoms with Gasteiger partial charge >= 0.3 is 0 Å². The normalized spacial score (nSPS) is 25.1. The van der Waals surface area contributed by atoms with E-state index in [1.165, 1.54) is 30.0 Å². The SMILES string of the molecule is CC(C)c1nc2c([nH]1)C[C@H](C(=O)NC[C@H]1CCCS1)CC2. The molecule has 0 saturated carbocycles. The lowest BCUT2D eigenvalue weighted by molar-refractivity contribution is -0.125. The number of imidazole rings is 1. The van der Waals surface area contributed by atoms with Gasteiger partial charge in [0.1, 0.15) is 5.82 Å². The number of carbonyl (C=O) groups excluding carboxylic acids is 1. The highest BCUT2D eigenvalue weighted by molar-refractivity contribution is 8.00. The van der Waals surface area contributed by atoms with Gasteiger partial charge in [-0.15, -0.1) is 0 Å². The molecule has 2 heterocycles. The molecule has 5 heteroatoms. The molecule has 2 aliphatic rings. The number of nitrogens with one attached hydrogen (secondary N) is 2. The Morgan fingerprint density at radius 2 is 2.33 bits per heavy atom. The van der Waals surface area contributed by atoms with Crippen molar-refractivity contribution < 1.29 is 4.79 Å². The Kier molecular flexibility index (Phi) is 4.57. The van der Waals surface area contributed by atoms with Crippen molar-refractivity contribution in [2.45, 2.75) is 57.1 Å². The van der Waals surface area contributed by atoms with Crippen molar-refractivity contribution in [1.29, 1.82) is 0 Å². The van der Waals surface area contributed by atoms with Gasteiger partial charge in [-0.3, -0.25) is 4.79 Å². The van der Waals surface area contributed by atoms with E-state index in [2.05, 4.69) is 29.1 Å². The number of aromatic amines is 1. The topological polar surface area (TPSA) is 57.8 Å². The van der Waals surface area contributed by atoms with Crippen LogP contribution in [0.1, 0.15) is 56.2 Å². The Balaban J connectivity index is 1.56. The van der Waals surface area contributed by atoms with Crippen LogP contribution in [0, 0.1) is 5.92 Å². The third-order valence-corrected chi connectivity index (χ3v) is 5.91. The number of carbonyl (C=O) groups is 1. The summed E-state index contributed by atoms with van der Waals surface area (Å²) in [6, 6.07) is 0. The van der Waals surface area contributed by atoms with E-state index in [9.17, 15) is 4.79 Å². The molecule has 4 nitrogen and oxygen atoms in total. The van der Waals surface area contributed by atoms with Crippen LogP contribution in [0.25, 0.3) is 0 Å². The van der Waals surface area contributed by atoms with Gasteiger partial charge in [-0.1, -0.05) is 13.8 Å². The molecule has 0 aromatic carbocycles. The largest absolute Gasteiger partial charge is 0.355 e. The Morgan fingerprint density at radius 3 is 3.05 bits per heavy atom. The van der Waals surface area contributed by atoms with Crippen molar-refractivity contribution in [2.24, 2.45) is 5.92 Å². The first-order chi connectivity index (χ1) is 10.1. The summed E-state index contributed by atoms with van der Waals surface area (Å²) in [6.45, 7) is 5.13. The number of nitrogens with zero attached hydrogens (tertiary/aromatic N) is 1. The van der Waals surface area contributed by atoms with Gasteiger partial charge in [-0.25, -0.2) is 4.98 Å². The molecule has 0 bridgehead atoms. The molecule has 2 N–H and O–H groups in total. The fraction of sp³-hybridized carbons (Fsp3) is 0.750. The maximum atomic E-state index is 12.4. The number of H-pyrrole nitrogens is 1. The van der Waals surface area contributed by atoms with Crippen LogP contribution >= 0.6 is 11.8 Å². The summed E-state index contributed by atoms with van der Waals surface area (Å²) in [5, 5.41) is 3.79. The lowest BCUT2D eigenvalue weighted by Crippen LogP contribution is -2.37. The second-order valence-electron chi connectivity index (χ2n) is 6.52. The van der Waals surface area contributed by atoms with Crippen LogP contribution in [0.3, 0.4) is 0 Å². The smallest absolute Gasteiger partial charge is 0.223 e. The third kappa shape index (κ3) is 3.44. The maximum Gasteiger partial charge on any atom is 0.223 e. The molecule has 3 rings (SSSR count). The zero-order valence-electron chi connectivity index (χ0n) is 12.9. The molecule has 1 aliphatic heterocycles. The molecule has 2 atom stereocenters. The number of aryl methyl sites for hydroxylation is 1. The highest BCUT2D eigenvalue weighted by atomic mass is 32.2. The predicted molar refractivity (Wildman–Crippen MR) is 86.7 cm³/mol. The summed E-state index contributed by atoms with van der Waals surface area (Å²) in [6.07, 6.45) is 5.22. The van der Waals surface area contributed by atoms with Crippen molar-refractivity contribution in [1.82, 2.24) is 15.3 Å². The van der Waals surface area contributed by atoms with Crippen LogP contribution in [0.2, 0.25) is 0 Å². The first-order valence-electron chi connectivity index (χ1n) is 8.10. The average molecular weight is 307 g/mol. The van der Waals surface area contributed by atoms with Crippen LogP contribution in [0.4, 0.5) is 0 Å². The van der Waals surface area contributed by atoms with Gasteiger partial charge in [-0.05, 0) is 31.4 Å². The summed E-state index contributed by atoms with van der Waals surface area (Å²) < 4.78 is 0. The first-order valence-corrected chi connectivity index (χ1v) is 9.15. The van der Waals surface area contributed by atoms with E-state index in [1.807, 2.05) is 11.8 Å². The van der Waals surface area contributed by atoms with Gasteiger partial charge in [-0.2, -0.15) is 11.8 Å². The first kappa shape index (κ1) is 14.9. The Hall–Kier alpha value is -0.970. The van der Waals surface area contributed by atoms with Crippen LogP contribution < -0.4 is 5.32 Å². The molecule has 0 spiro atoms. The van der Waals surface area contributed by atoms with Crippen molar-refractivity contribution >= 4 is 17.7 Å². The zero-order valence-corrected chi connectivity index (χ0v) is 13.8.